The molecule has 1 rings (SSSR count). The number of rotatable bonds is 3. The normalized spacial score (nSPS) is 9.50. The van der Waals surface area contributed by atoms with Crippen molar-refractivity contribution in [3.63, 3.8) is 0 Å². The molecule has 0 N–H and O–H groups in total. The summed E-state index contributed by atoms with van der Waals surface area (Å²) in [5.74, 6) is -0.532. The smallest absolute Gasteiger partial charge is 0.325 e. The van der Waals surface area contributed by atoms with E-state index in [1.807, 2.05) is 0 Å². The van der Waals surface area contributed by atoms with Crippen LogP contribution in [0.2, 0.25) is 0 Å². The first-order chi connectivity index (χ1) is 6.67. The number of esters is 1. The number of ether oxygens (including phenoxy) is 1. The van der Waals surface area contributed by atoms with Crippen molar-refractivity contribution in [1.82, 2.24) is 4.57 Å². The second-order valence-electron chi connectivity index (χ2n) is 2.62. The van der Waals surface area contributed by atoms with Gasteiger partial charge in [0.2, 0.25) is 0 Å². The van der Waals surface area contributed by atoms with Crippen LogP contribution < -0.4 is 5.56 Å². The molecule has 0 aliphatic carbocycles. The third-order valence-corrected chi connectivity index (χ3v) is 1.67. The van der Waals surface area contributed by atoms with E-state index in [-0.39, 0.29) is 12.1 Å². The first-order valence-electron chi connectivity index (χ1n) is 3.90. The van der Waals surface area contributed by atoms with Gasteiger partial charge in [-0.15, -0.1) is 0 Å². The maximum atomic E-state index is 11.2. The molecule has 0 bridgehead atoms. The lowest BCUT2D eigenvalue weighted by molar-refractivity contribution is -0.141. The lowest BCUT2D eigenvalue weighted by atomic mass is 10.3. The third kappa shape index (κ3) is 2.29. The van der Waals surface area contributed by atoms with Gasteiger partial charge in [0.15, 0.2) is 6.29 Å². The fourth-order valence-electron chi connectivity index (χ4n) is 0.947. The maximum Gasteiger partial charge on any atom is 0.325 e. The maximum absolute atomic E-state index is 11.2. The standard InChI is InChI=1S/C9H9NO4/c1-14-9(13)5-10-4-7(6-11)2-3-8(10)12/h2-4,6H,5H2,1H3. The molecule has 0 aliphatic heterocycles. The molecule has 0 aromatic carbocycles. The number of hydrogen-bond donors (Lipinski definition) is 0. The van der Waals surface area contributed by atoms with Crippen LogP contribution >= 0.6 is 0 Å². The van der Waals surface area contributed by atoms with Gasteiger partial charge in [-0.25, -0.2) is 0 Å². The number of nitrogens with zero attached hydrogens (tertiary/aromatic N) is 1. The molecule has 0 radical (unpaired) electrons. The van der Waals surface area contributed by atoms with Crippen LogP contribution in [0.5, 0.6) is 0 Å². The summed E-state index contributed by atoms with van der Waals surface area (Å²) >= 11 is 0. The van der Waals surface area contributed by atoms with E-state index in [0.29, 0.717) is 11.8 Å². The van der Waals surface area contributed by atoms with Gasteiger partial charge in [-0.1, -0.05) is 0 Å². The molecule has 0 aliphatic rings. The Morgan fingerprint density at radius 3 is 2.86 bits per heavy atom. The molecule has 5 heteroatoms. The van der Waals surface area contributed by atoms with Crippen LogP contribution in [0.25, 0.3) is 0 Å². The molecule has 0 unspecified atom stereocenters. The van der Waals surface area contributed by atoms with E-state index >= 15 is 0 Å². The molecule has 1 aromatic heterocycles. The molecule has 14 heavy (non-hydrogen) atoms. The molecule has 5 nitrogen and oxygen atoms in total. The van der Waals surface area contributed by atoms with E-state index in [9.17, 15) is 14.4 Å². The number of hydrogen-bond acceptors (Lipinski definition) is 4. The van der Waals surface area contributed by atoms with Gasteiger partial charge in [0.05, 0.1) is 7.11 Å². The van der Waals surface area contributed by atoms with E-state index in [2.05, 4.69) is 4.74 Å². The monoisotopic (exact) mass is 195 g/mol. The van der Waals surface area contributed by atoms with E-state index in [1.165, 1.54) is 25.4 Å². The zero-order valence-corrected chi connectivity index (χ0v) is 7.60. The van der Waals surface area contributed by atoms with Crippen LogP contribution in [0.3, 0.4) is 0 Å². The highest BCUT2D eigenvalue weighted by molar-refractivity contribution is 5.74. The molecule has 0 amide bonds. The van der Waals surface area contributed by atoms with E-state index < -0.39 is 5.97 Å². The van der Waals surface area contributed by atoms with E-state index in [4.69, 9.17) is 0 Å². The highest BCUT2D eigenvalue weighted by Gasteiger charge is 2.04. The number of methoxy groups -OCH3 is 1. The SMILES string of the molecule is COC(=O)Cn1cc(C=O)ccc1=O. The summed E-state index contributed by atoms with van der Waals surface area (Å²) in [6.07, 6.45) is 1.92. The summed E-state index contributed by atoms with van der Waals surface area (Å²) in [5, 5.41) is 0. The Morgan fingerprint density at radius 2 is 2.29 bits per heavy atom. The number of carbonyl (C=O) groups excluding carboxylic acids is 2. The van der Waals surface area contributed by atoms with Crippen LogP contribution in [0.4, 0.5) is 0 Å². The fraction of sp³-hybridized carbons (Fsp3) is 0.222. The Morgan fingerprint density at radius 1 is 1.57 bits per heavy atom. The Labute approximate surface area is 79.9 Å². The average Bonchev–Trinajstić information content (AvgIpc) is 2.21. The van der Waals surface area contributed by atoms with Crippen molar-refractivity contribution >= 4 is 12.3 Å². The number of pyridine rings is 1. The average molecular weight is 195 g/mol. The number of aldehydes is 1. The van der Waals surface area contributed by atoms with Gasteiger partial charge in [0, 0.05) is 17.8 Å². The summed E-state index contributed by atoms with van der Waals surface area (Å²) in [6.45, 7) is -0.184. The van der Waals surface area contributed by atoms with Gasteiger partial charge in [-0.05, 0) is 6.07 Å². The molecule has 0 atom stereocenters. The Bertz CT molecular complexity index is 408. The Hall–Kier alpha value is -1.91. The van der Waals surface area contributed by atoms with Gasteiger partial charge in [-0.3, -0.25) is 14.4 Å². The quantitative estimate of drug-likeness (QED) is 0.496. The Balaban J connectivity index is 3.00. The second-order valence-corrected chi connectivity index (χ2v) is 2.62. The molecular formula is C9H9NO4. The predicted molar refractivity (Wildman–Crippen MR) is 48.1 cm³/mol. The fourth-order valence-corrected chi connectivity index (χ4v) is 0.947. The molecule has 74 valence electrons. The molecule has 0 fully saturated rings. The third-order valence-electron chi connectivity index (χ3n) is 1.67. The minimum atomic E-state index is -0.532. The van der Waals surface area contributed by atoms with E-state index in [1.54, 1.807) is 0 Å². The molecule has 0 saturated carbocycles. The summed E-state index contributed by atoms with van der Waals surface area (Å²) in [5.41, 5.74) is -0.00509. The zero-order chi connectivity index (χ0) is 10.6. The first kappa shape index (κ1) is 10.2. The van der Waals surface area contributed by atoms with Crippen LogP contribution in [-0.2, 0) is 16.1 Å². The van der Waals surface area contributed by atoms with E-state index in [0.717, 1.165) is 4.57 Å². The predicted octanol–water partition coefficient (Wildman–Crippen LogP) is -0.166. The minimum Gasteiger partial charge on any atom is -0.468 e. The van der Waals surface area contributed by atoms with Crippen molar-refractivity contribution in [3.8, 4) is 0 Å². The van der Waals surface area contributed by atoms with Crippen molar-refractivity contribution in [2.45, 2.75) is 6.54 Å². The first-order valence-corrected chi connectivity index (χ1v) is 3.90. The second kappa shape index (κ2) is 4.36. The van der Waals surface area contributed by atoms with Crippen LogP contribution in [0, 0.1) is 0 Å². The zero-order valence-electron chi connectivity index (χ0n) is 7.60. The van der Waals surface area contributed by atoms with Gasteiger partial charge >= 0.3 is 5.97 Å². The highest BCUT2D eigenvalue weighted by Crippen LogP contribution is 1.91. The summed E-state index contributed by atoms with van der Waals surface area (Å²) in [6, 6.07) is 2.62. The van der Waals surface area contributed by atoms with Gasteiger partial charge in [-0.2, -0.15) is 0 Å². The molecule has 0 spiro atoms. The molecular weight excluding hydrogens is 186 g/mol. The summed E-state index contributed by atoms with van der Waals surface area (Å²) in [7, 11) is 1.23. The molecule has 1 heterocycles. The van der Waals surface area contributed by atoms with Crippen molar-refractivity contribution in [1.29, 1.82) is 0 Å². The Kier molecular flexibility index (Phi) is 3.17. The molecule has 0 saturated heterocycles. The topological polar surface area (TPSA) is 65.4 Å². The van der Waals surface area contributed by atoms with Gasteiger partial charge < -0.3 is 9.30 Å². The van der Waals surface area contributed by atoms with Crippen molar-refractivity contribution in [2.24, 2.45) is 0 Å². The van der Waals surface area contributed by atoms with Crippen LogP contribution in [-0.4, -0.2) is 23.9 Å². The lowest BCUT2D eigenvalue weighted by Crippen LogP contribution is -2.24. The van der Waals surface area contributed by atoms with Gasteiger partial charge in [0.1, 0.15) is 6.54 Å². The van der Waals surface area contributed by atoms with Gasteiger partial charge in [0.25, 0.3) is 5.56 Å². The summed E-state index contributed by atoms with van der Waals surface area (Å²) < 4.78 is 5.52. The van der Waals surface area contributed by atoms with Crippen LogP contribution in [0.1, 0.15) is 10.4 Å². The largest absolute Gasteiger partial charge is 0.468 e. The minimum absolute atomic E-state index is 0.184. The molecule has 1 aromatic rings. The van der Waals surface area contributed by atoms with Crippen molar-refractivity contribution in [2.75, 3.05) is 7.11 Å². The lowest BCUT2D eigenvalue weighted by Gasteiger charge is -2.03. The van der Waals surface area contributed by atoms with Crippen LogP contribution in [0.15, 0.2) is 23.1 Å². The van der Waals surface area contributed by atoms with Crippen molar-refractivity contribution < 1.29 is 14.3 Å². The summed E-state index contributed by atoms with van der Waals surface area (Å²) in [4.78, 5) is 32.4. The number of carbonyl (C=O) groups is 2. The highest BCUT2D eigenvalue weighted by atomic mass is 16.5. The van der Waals surface area contributed by atoms with Crippen molar-refractivity contribution in [3.05, 3.63) is 34.2 Å². The number of aromatic nitrogens is 1.